The van der Waals surface area contributed by atoms with Crippen molar-refractivity contribution in [1.82, 2.24) is 10.6 Å². The number of nitrogens with zero attached hydrogens (tertiary/aromatic N) is 1. The highest BCUT2D eigenvalue weighted by atomic mass is 32.2. The summed E-state index contributed by atoms with van der Waals surface area (Å²) in [4.78, 5) is 4.28. The van der Waals surface area contributed by atoms with Gasteiger partial charge in [-0.3, -0.25) is 4.99 Å². The molecule has 1 aromatic rings. The van der Waals surface area contributed by atoms with E-state index >= 15 is 0 Å². The van der Waals surface area contributed by atoms with Crippen LogP contribution in [0.25, 0.3) is 0 Å². The molecule has 1 saturated heterocycles. The molecule has 152 valence electrons. The lowest BCUT2D eigenvalue weighted by atomic mass is 10.0. The largest absolute Gasteiger partial charge is 0.381 e. The Kier molecular flexibility index (Phi) is 11.3. The van der Waals surface area contributed by atoms with Gasteiger partial charge in [-0.15, -0.1) is 0 Å². The number of guanidine groups is 1. The predicted molar refractivity (Wildman–Crippen MR) is 116 cm³/mol. The van der Waals surface area contributed by atoms with Crippen LogP contribution in [0, 0.1) is 12.8 Å². The van der Waals surface area contributed by atoms with Crippen LogP contribution in [0.1, 0.15) is 30.4 Å². The van der Waals surface area contributed by atoms with Crippen LogP contribution in [0.2, 0.25) is 0 Å². The molecular formula is C21H35N3O2S. The molecule has 6 heteroatoms. The lowest BCUT2D eigenvalue weighted by molar-refractivity contribution is 0.0203. The quantitative estimate of drug-likeness (QED) is 0.343. The van der Waals surface area contributed by atoms with E-state index in [0.29, 0.717) is 5.92 Å². The topological polar surface area (TPSA) is 54.9 Å². The Hall–Kier alpha value is -1.24. The van der Waals surface area contributed by atoms with E-state index in [2.05, 4.69) is 46.8 Å². The van der Waals surface area contributed by atoms with E-state index < -0.39 is 0 Å². The maximum absolute atomic E-state index is 5.79. The molecule has 0 atom stereocenters. The molecule has 0 amide bonds. The molecule has 1 fully saturated rings. The van der Waals surface area contributed by atoms with E-state index in [0.717, 1.165) is 76.2 Å². The van der Waals surface area contributed by atoms with Gasteiger partial charge in [0.2, 0.25) is 0 Å². The molecule has 2 rings (SSSR count). The summed E-state index contributed by atoms with van der Waals surface area (Å²) < 4.78 is 11.2. The maximum Gasteiger partial charge on any atom is 0.191 e. The zero-order chi connectivity index (χ0) is 19.2. The van der Waals surface area contributed by atoms with Crippen molar-refractivity contribution in [1.29, 1.82) is 0 Å². The predicted octanol–water partition coefficient (Wildman–Crippen LogP) is 3.23. The smallest absolute Gasteiger partial charge is 0.191 e. The molecule has 5 nitrogen and oxygen atoms in total. The van der Waals surface area contributed by atoms with Crippen molar-refractivity contribution in [2.24, 2.45) is 10.9 Å². The summed E-state index contributed by atoms with van der Waals surface area (Å²) in [6.07, 6.45) is 3.26. The first kappa shape index (κ1) is 22.1. The SMILES string of the molecule is CN=C(NCCCOCC1CCOCC1)NCCSCc1ccc(C)cc1. The van der Waals surface area contributed by atoms with Crippen molar-refractivity contribution in [2.45, 2.75) is 31.9 Å². The van der Waals surface area contributed by atoms with Crippen molar-refractivity contribution >= 4 is 17.7 Å². The first-order valence-corrected chi connectivity index (χ1v) is 11.2. The van der Waals surface area contributed by atoms with E-state index in [-0.39, 0.29) is 0 Å². The Morgan fingerprint density at radius 2 is 1.93 bits per heavy atom. The molecule has 0 bridgehead atoms. The second-order valence-electron chi connectivity index (χ2n) is 6.95. The summed E-state index contributed by atoms with van der Waals surface area (Å²) in [5, 5.41) is 6.72. The van der Waals surface area contributed by atoms with Crippen LogP contribution in [0.5, 0.6) is 0 Å². The number of nitrogens with one attached hydrogen (secondary N) is 2. The Morgan fingerprint density at radius 3 is 2.67 bits per heavy atom. The summed E-state index contributed by atoms with van der Waals surface area (Å²) in [6, 6.07) is 8.77. The van der Waals surface area contributed by atoms with Gasteiger partial charge < -0.3 is 20.1 Å². The molecule has 0 aliphatic carbocycles. The number of hydrogen-bond donors (Lipinski definition) is 2. The molecule has 0 aromatic heterocycles. The van der Waals surface area contributed by atoms with Crippen molar-refractivity contribution in [2.75, 3.05) is 52.3 Å². The van der Waals surface area contributed by atoms with Crippen LogP contribution in [-0.4, -0.2) is 58.3 Å². The summed E-state index contributed by atoms with van der Waals surface area (Å²) in [6.45, 7) is 7.36. The van der Waals surface area contributed by atoms with Gasteiger partial charge in [0, 0.05) is 58.1 Å². The van der Waals surface area contributed by atoms with Crippen LogP contribution in [0.15, 0.2) is 29.3 Å². The van der Waals surface area contributed by atoms with E-state index in [1.807, 2.05) is 18.8 Å². The van der Waals surface area contributed by atoms with E-state index in [4.69, 9.17) is 9.47 Å². The second kappa shape index (κ2) is 13.9. The Labute approximate surface area is 168 Å². The maximum atomic E-state index is 5.79. The highest BCUT2D eigenvalue weighted by Gasteiger charge is 2.13. The van der Waals surface area contributed by atoms with Gasteiger partial charge in [-0.1, -0.05) is 29.8 Å². The molecule has 0 saturated carbocycles. The minimum absolute atomic E-state index is 0.679. The molecule has 1 heterocycles. The average molecular weight is 394 g/mol. The van der Waals surface area contributed by atoms with Gasteiger partial charge in [-0.05, 0) is 37.7 Å². The molecular weight excluding hydrogens is 358 g/mol. The first-order chi connectivity index (χ1) is 13.3. The highest BCUT2D eigenvalue weighted by Crippen LogP contribution is 2.14. The third-order valence-corrected chi connectivity index (χ3v) is 5.63. The molecule has 27 heavy (non-hydrogen) atoms. The standard InChI is InChI=1S/C21H35N3O2S/c1-18-4-6-20(7-5-18)17-27-15-11-24-21(22-2)23-10-3-12-26-16-19-8-13-25-14-9-19/h4-7,19H,3,8-17H2,1-2H3,(H2,22,23,24). The molecule has 0 radical (unpaired) electrons. The molecule has 1 aliphatic heterocycles. The van der Waals surface area contributed by atoms with Gasteiger partial charge in [0.05, 0.1) is 0 Å². The van der Waals surface area contributed by atoms with Gasteiger partial charge in [0.1, 0.15) is 0 Å². The van der Waals surface area contributed by atoms with Crippen molar-refractivity contribution in [3.8, 4) is 0 Å². The number of thioether (sulfide) groups is 1. The fraction of sp³-hybridized carbons (Fsp3) is 0.667. The van der Waals surface area contributed by atoms with E-state index in [1.54, 1.807) is 0 Å². The van der Waals surface area contributed by atoms with Crippen molar-refractivity contribution in [3.63, 3.8) is 0 Å². The zero-order valence-corrected chi connectivity index (χ0v) is 17.7. The Morgan fingerprint density at radius 1 is 1.19 bits per heavy atom. The third kappa shape index (κ3) is 10.0. The number of aryl methyl sites for hydroxylation is 1. The van der Waals surface area contributed by atoms with Crippen molar-refractivity contribution < 1.29 is 9.47 Å². The van der Waals surface area contributed by atoms with Gasteiger partial charge in [-0.25, -0.2) is 0 Å². The second-order valence-corrected chi connectivity index (χ2v) is 8.05. The van der Waals surface area contributed by atoms with Gasteiger partial charge in [-0.2, -0.15) is 11.8 Å². The molecule has 0 spiro atoms. The van der Waals surface area contributed by atoms with E-state index in [9.17, 15) is 0 Å². The third-order valence-electron chi connectivity index (χ3n) is 4.60. The van der Waals surface area contributed by atoms with Gasteiger partial charge >= 0.3 is 0 Å². The first-order valence-electron chi connectivity index (χ1n) is 10.0. The average Bonchev–Trinajstić information content (AvgIpc) is 2.71. The summed E-state index contributed by atoms with van der Waals surface area (Å²) in [5.74, 6) is 3.66. The molecule has 1 aliphatic rings. The Balaban J connectivity index is 1.43. The monoisotopic (exact) mass is 393 g/mol. The normalized spacial score (nSPS) is 15.7. The highest BCUT2D eigenvalue weighted by molar-refractivity contribution is 7.98. The lowest BCUT2D eigenvalue weighted by Gasteiger charge is -2.21. The zero-order valence-electron chi connectivity index (χ0n) is 16.8. The number of aliphatic imine (C=N–C) groups is 1. The number of ether oxygens (including phenoxy) is 2. The number of rotatable bonds is 11. The fourth-order valence-corrected chi connectivity index (χ4v) is 3.70. The molecule has 0 unspecified atom stereocenters. The minimum Gasteiger partial charge on any atom is -0.381 e. The van der Waals surface area contributed by atoms with Crippen LogP contribution in [0.4, 0.5) is 0 Å². The molecule has 1 aromatic carbocycles. The summed E-state index contributed by atoms with van der Waals surface area (Å²) in [7, 11) is 1.82. The summed E-state index contributed by atoms with van der Waals surface area (Å²) in [5.41, 5.74) is 2.70. The molecule has 2 N–H and O–H groups in total. The Bertz CT molecular complexity index is 531. The number of benzene rings is 1. The van der Waals surface area contributed by atoms with Crippen molar-refractivity contribution in [3.05, 3.63) is 35.4 Å². The van der Waals surface area contributed by atoms with Crippen LogP contribution < -0.4 is 10.6 Å². The van der Waals surface area contributed by atoms with Gasteiger partial charge in [0.15, 0.2) is 5.96 Å². The van der Waals surface area contributed by atoms with Crippen LogP contribution in [0.3, 0.4) is 0 Å². The fourth-order valence-electron chi connectivity index (χ4n) is 2.88. The van der Waals surface area contributed by atoms with Crippen LogP contribution in [-0.2, 0) is 15.2 Å². The van der Waals surface area contributed by atoms with Crippen LogP contribution >= 0.6 is 11.8 Å². The van der Waals surface area contributed by atoms with E-state index in [1.165, 1.54) is 11.1 Å². The number of hydrogen-bond acceptors (Lipinski definition) is 4. The summed E-state index contributed by atoms with van der Waals surface area (Å²) >= 11 is 1.94. The minimum atomic E-state index is 0.679. The van der Waals surface area contributed by atoms with Gasteiger partial charge in [0.25, 0.3) is 0 Å². The lowest BCUT2D eigenvalue weighted by Crippen LogP contribution is -2.39.